The van der Waals surface area contributed by atoms with Crippen LogP contribution in [0.5, 0.6) is 0 Å². The highest BCUT2D eigenvalue weighted by atomic mass is 32.2. The van der Waals surface area contributed by atoms with Gasteiger partial charge in [-0.05, 0) is 41.7 Å². The first-order valence-electron chi connectivity index (χ1n) is 12.4. The molecular weight excluding hydrogens is 529 g/mol. The molecule has 2 atom stereocenters. The van der Waals surface area contributed by atoms with E-state index in [1.54, 1.807) is 11.3 Å². The Morgan fingerprint density at radius 1 is 0.974 bits per heavy atom. The molecule has 190 valence electrons. The van der Waals surface area contributed by atoms with E-state index in [4.69, 9.17) is 10.7 Å². The Morgan fingerprint density at radius 2 is 1.66 bits per heavy atom. The number of nitrogens with zero attached hydrogens (tertiary/aromatic N) is 2. The van der Waals surface area contributed by atoms with Crippen LogP contribution in [0.2, 0.25) is 0 Å². The van der Waals surface area contributed by atoms with Crippen LogP contribution < -0.4 is 11.1 Å². The molecule has 3 N–H and O–H groups in total. The number of thiophene rings is 1. The third-order valence-electron chi connectivity index (χ3n) is 6.64. The minimum Gasteiger partial charge on any atom is -0.383 e. The number of hydrogen-bond donors (Lipinski definition) is 2. The minimum absolute atomic E-state index is 0.0942. The van der Waals surface area contributed by atoms with Crippen LogP contribution in [-0.4, -0.2) is 21.6 Å². The van der Waals surface area contributed by atoms with Gasteiger partial charge in [-0.3, -0.25) is 4.79 Å². The third kappa shape index (κ3) is 5.04. The first kappa shape index (κ1) is 25.0. The van der Waals surface area contributed by atoms with Crippen LogP contribution in [0, 0.1) is 6.92 Å². The number of nitrogen functional groups attached to an aromatic ring is 1. The normalized spacial score (nSPS) is 16.8. The highest BCUT2D eigenvalue weighted by Crippen LogP contribution is 2.55. The van der Waals surface area contributed by atoms with Gasteiger partial charge in [0.1, 0.15) is 10.6 Å². The molecule has 1 aliphatic rings. The highest BCUT2D eigenvalue weighted by Gasteiger charge is 2.34. The smallest absolute Gasteiger partial charge is 0.234 e. The maximum absolute atomic E-state index is 12.6. The molecule has 5 nitrogen and oxygen atoms in total. The number of amides is 1. The summed E-state index contributed by atoms with van der Waals surface area (Å²) in [6.07, 6.45) is 0.881. The van der Waals surface area contributed by atoms with E-state index >= 15 is 0 Å². The number of aromatic nitrogens is 2. The molecule has 0 saturated carbocycles. The second kappa shape index (κ2) is 10.8. The van der Waals surface area contributed by atoms with E-state index in [0.29, 0.717) is 16.2 Å². The zero-order valence-corrected chi connectivity index (χ0v) is 23.2. The number of nitrogens with one attached hydrogen (secondary N) is 1. The quantitative estimate of drug-likeness (QED) is 0.168. The molecule has 2 aromatic heterocycles. The summed E-state index contributed by atoms with van der Waals surface area (Å²) in [6.45, 7) is 1.97. The average molecular weight is 555 g/mol. The Hall–Kier alpha value is -3.33. The first-order valence-corrected chi connectivity index (χ1v) is 15.1. The lowest BCUT2D eigenvalue weighted by atomic mass is 9.98. The van der Waals surface area contributed by atoms with Crippen molar-refractivity contribution >= 4 is 62.5 Å². The number of nitrogens with two attached hydrogens (primary N) is 1. The van der Waals surface area contributed by atoms with Gasteiger partial charge in [0.25, 0.3) is 0 Å². The van der Waals surface area contributed by atoms with Crippen LogP contribution in [0.25, 0.3) is 10.2 Å². The largest absolute Gasteiger partial charge is 0.383 e. The zero-order chi connectivity index (χ0) is 26.1. The standard InChI is InChI=1S/C30H26N4OS3/c1-18-10-8-9-15-22(18)32-24(35)17-36-30-33-28(31)25-21-16-23(19-11-4-2-5-12-19)37-26(20-13-6-3-7-14-20)27(21)38-29(25)34-30/h2-15,23,26H,16-17H2,1H3,(H,32,35)(H2,31,33,34)/t23-,26+/m0/s1. The van der Waals surface area contributed by atoms with Gasteiger partial charge in [0.2, 0.25) is 5.91 Å². The lowest BCUT2D eigenvalue weighted by Gasteiger charge is -2.30. The van der Waals surface area contributed by atoms with Crippen molar-refractivity contribution in [3.63, 3.8) is 0 Å². The number of thioether (sulfide) groups is 2. The SMILES string of the molecule is Cc1ccccc1NC(=O)CSc1nc(N)c2c3c(sc2n1)[C@@H](c1ccccc1)S[C@H](c1ccccc1)C3. The van der Waals surface area contributed by atoms with Crippen molar-refractivity contribution in [2.75, 3.05) is 16.8 Å². The number of anilines is 2. The van der Waals surface area contributed by atoms with Crippen molar-refractivity contribution in [3.8, 4) is 0 Å². The third-order valence-corrected chi connectivity index (χ3v) is 10.4. The van der Waals surface area contributed by atoms with Crippen LogP contribution in [0.1, 0.15) is 37.6 Å². The molecule has 0 saturated heterocycles. The monoisotopic (exact) mass is 554 g/mol. The van der Waals surface area contributed by atoms with E-state index in [1.807, 2.05) is 43.0 Å². The molecule has 0 fully saturated rings. The molecule has 3 heterocycles. The number of rotatable bonds is 6. The van der Waals surface area contributed by atoms with Gasteiger partial charge in [-0.2, -0.15) is 0 Å². The van der Waals surface area contributed by atoms with Crippen LogP contribution >= 0.6 is 34.9 Å². The summed E-state index contributed by atoms with van der Waals surface area (Å²) in [4.78, 5) is 24.3. The van der Waals surface area contributed by atoms with Gasteiger partial charge >= 0.3 is 0 Å². The van der Waals surface area contributed by atoms with Crippen molar-refractivity contribution in [1.29, 1.82) is 0 Å². The van der Waals surface area contributed by atoms with Gasteiger partial charge in [0.15, 0.2) is 5.16 Å². The van der Waals surface area contributed by atoms with Crippen molar-refractivity contribution in [1.82, 2.24) is 9.97 Å². The number of para-hydroxylation sites is 1. The molecule has 5 aromatic rings. The summed E-state index contributed by atoms with van der Waals surface area (Å²) in [5.74, 6) is 0.603. The number of aryl methyl sites for hydroxylation is 1. The number of benzene rings is 3. The molecule has 0 bridgehead atoms. The van der Waals surface area contributed by atoms with Crippen molar-refractivity contribution in [2.24, 2.45) is 0 Å². The van der Waals surface area contributed by atoms with Gasteiger partial charge in [-0.15, -0.1) is 23.1 Å². The summed E-state index contributed by atoms with van der Waals surface area (Å²) < 4.78 is 0. The molecule has 0 spiro atoms. The molecule has 0 unspecified atom stereocenters. The van der Waals surface area contributed by atoms with Crippen molar-refractivity contribution in [2.45, 2.75) is 29.0 Å². The lowest BCUT2D eigenvalue weighted by Crippen LogP contribution is -2.15. The Balaban J connectivity index is 1.31. The fraction of sp³-hybridized carbons (Fsp3) is 0.167. The predicted octanol–water partition coefficient (Wildman–Crippen LogP) is 7.43. The van der Waals surface area contributed by atoms with E-state index in [2.05, 4.69) is 71.0 Å². The van der Waals surface area contributed by atoms with Crippen LogP contribution in [0.3, 0.4) is 0 Å². The fourth-order valence-corrected chi connectivity index (χ4v) is 8.50. The van der Waals surface area contributed by atoms with Gasteiger partial charge in [0.05, 0.1) is 16.4 Å². The molecule has 38 heavy (non-hydrogen) atoms. The van der Waals surface area contributed by atoms with Gasteiger partial charge in [0, 0.05) is 15.8 Å². The van der Waals surface area contributed by atoms with Crippen LogP contribution in [-0.2, 0) is 11.2 Å². The van der Waals surface area contributed by atoms with E-state index in [-0.39, 0.29) is 16.9 Å². The highest BCUT2D eigenvalue weighted by molar-refractivity contribution is 8.00. The number of carbonyl (C=O) groups is 1. The summed E-state index contributed by atoms with van der Waals surface area (Å²) >= 11 is 5.00. The average Bonchev–Trinajstić information content (AvgIpc) is 3.32. The summed E-state index contributed by atoms with van der Waals surface area (Å²) in [7, 11) is 0. The van der Waals surface area contributed by atoms with Crippen molar-refractivity contribution < 1.29 is 4.79 Å². The first-order chi connectivity index (χ1) is 18.6. The van der Waals surface area contributed by atoms with Crippen LogP contribution in [0.4, 0.5) is 11.5 Å². The summed E-state index contributed by atoms with van der Waals surface area (Å²) in [5, 5.41) is 4.96. The molecule has 0 radical (unpaired) electrons. The van der Waals surface area contributed by atoms with E-state index in [1.165, 1.54) is 33.3 Å². The molecule has 1 amide bonds. The van der Waals surface area contributed by atoms with Gasteiger partial charge in [-0.1, -0.05) is 90.6 Å². The molecule has 0 aliphatic carbocycles. The topological polar surface area (TPSA) is 80.9 Å². The van der Waals surface area contributed by atoms with E-state index in [9.17, 15) is 4.79 Å². The number of carbonyl (C=O) groups excluding carboxylic acids is 1. The summed E-state index contributed by atoms with van der Waals surface area (Å²) in [5.41, 5.74) is 12.3. The second-order valence-electron chi connectivity index (χ2n) is 9.20. The van der Waals surface area contributed by atoms with Gasteiger partial charge < -0.3 is 11.1 Å². The van der Waals surface area contributed by atoms with Crippen LogP contribution in [0.15, 0.2) is 90.1 Å². The predicted molar refractivity (Wildman–Crippen MR) is 161 cm³/mol. The molecule has 8 heteroatoms. The van der Waals surface area contributed by atoms with E-state index < -0.39 is 0 Å². The molecule has 3 aromatic carbocycles. The Morgan fingerprint density at radius 3 is 2.39 bits per heavy atom. The molecular formula is C30H26N4OS3. The molecule has 6 rings (SSSR count). The Kier molecular flexibility index (Phi) is 7.10. The Bertz CT molecular complexity index is 1600. The van der Waals surface area contributed by atoms with E-state index in [0.717, 1.165) is 27.9 Å². The Labute approximate surface area is 234 Å². The van der Waals surface area contributed by atoms with Gasteiger partial charge in [-0.25, -0.2) is 9.97 Å². The fourth-order valence-electron chi connectivity index (χ4n) is 4.77. The molecule has 1 aliphatic heterocycles. The van der Waals surface area contributed by atoms with Crippen molar-refractivity contribution in [3.05, 3.63) is 112 Å². The number of hydrogen-bond acceptors (Lipinski definition) is 7. The lowest BCUT2D eigenvalue weighted by molar-refractivity contribution is -0.113. The maximum Gasteiger partial charge on any atom is 0.234 e. The second-order valence-corrected chi connectivity index (χ2v) is 12.5. The maximum atomic E-state index is 12.6. The summed E-state index contributed by atoms with van der Waals surface area (Å²) in [6, 6.07) is 29.1. The number of fused-ring (bicyclic) bond motifs is 3. The minimum atomic E-state index is -0.0942. The zero-order valence-electron chi connectivity index (χ0n) is 20.8.